The molecule has 2 rings (SSSR count). The van der Waals surface area contributed by atoms with Gasteiger partial charge < -0.3 is 10.3 Å². The van der Waals surface area contributed by atoms with E-state index in [0.717, 1.165) is 11.4 Å². The van der Waals surface area contributed by atoms with Crippen LogP contribution < -0.4 is 10.7 Å². The van der Waals surface area contributed by atoms with E-state index in [1.165, 1.54) is 23.6 Å². The lowest BCUT2D eigenvalue weighted by atomic mass is 10.2. The first-order valence-electron chi connectivity index (χ1n) is 5.01. The number of rotatable bonds is 3. The third kappa shape index (κ3) is 2.79. The van der Waals surface area contributed by atoms with Gasteiger partial charge in [-0.1, -0.05) is 0 Å². The highest BCUT2D eigenvalue weighted by atomic mass is 32.1. The molecule has 0 saturated carbocycles. The van der Waals surface area contributed by atoms with E-state index in [1.807, 2.05) is 5.38 Å². The maximum atomic E-state index is 11.7. The molecule has 17 heavy (non-hydrogen) atoms. The summed E-state index contributed by atoms with van der Waals surface area (Å²) in [6, 6.07) is 1.40. The van der Waals surface area contributed by atoms with Crippen molar-refractivity contribution in [2.24, 2.45) is 0 Å². The second-order valence-corrected chi connectivity index (χ2v) is 4.28. The summed E-state index contributed by atoms with van der Waals surface area (Å²) in [5.41, 5.74) is 3.04. The van der Waals surface area contributed by atoms with E-state index < -0.39 is 0 Å². The Morgan fingerprint density at radius 1 is 1.59 bits per heavy atom. The van der Waals surface area contributed by atoms with Gasteiger partial charge in [0.15, 0.2) is 5.43 Å². The summed E-state index contributed by atoms with van der Waals surface area (Å²) < 4.78 is 0. The second kappa shape index (κ2) is 4.92. The molecule has 1 amide bonds. The molecule has 5 nitrogen and oxygen atoms in total. The summed E-state index contributed by atoms with van der Waals surface area (Å²) in [5, 5.41) is 4.49. The van der Waals surface area contributed by atoms with Gasteiger partial charge in [0.1, 0.15) is 5.56 Å². The van der Waals surface area contributed by atoms with Gasteiger partial charge in [-0.05, 0) is 6.92 Å². The van der Waals surface area contributed by atoms with Crippen LogP contribution in [-0.2, 0) is 6.54 Å². The Morgan fingerprint density at radius 3 is 3.06 bits per heavy atom. The molecule has 0 aliphatic heterocycles. The van der Waals surface area contributed by atoms with Crippen molar-refractivity contribution in [2.75, 3.05) is 0 Å². The smallest absolute Gasteiger partial charge is 0.257 e. The van der Waals surface area contributed by atoms with Crippen LogP contribution in [0.4, 0.5) is 0 Å². The van der Waals surface area contributed by atoms with Gasteiger partial charge in [0.05, 0.1) is 17.7 Å². The van der Waals surface area contributed by atoms with Crippen molar-refractivity contribution in [3.8, 4) is 0 Å². The molecule has 0 aliphatic carbocycles. The average molecular weight is 249 g/mol. The Kier molecular flexibility index (Phi) is 3.34. The Balaban J connectivity index is 2.07. The molecule has 6 heteroatoms. The third-order valence-corrected chi connectivity index (χ3v) is 2.85. The molecule has 2 aromatic heterocycles. The van der Waals surface area contributed by atoms with Gasteiger partial charge in [0.2, 0.25) is 0 Å². The normalized spacial score (nSPS) is 10.2. The Bertz CT molecular complexity index is 575. The zero-order valence-electron chi connectivity index (χ0n) is 9.19. The number of H-pyrrole nitrogens is 1. The van der Waals surface area contributed by atoms with E-state index >= 15 is 0 Å². The Hall–Kier alpha value is -1.95. The molecule has 0 bridgehead atoms. The number of aromatic amines is 1. The van der Waals surface area contributed by atoms with Crippen LogP contribution in [0.2, 0.25) is 0 Å². The van der Waals surface area contributed by atoms with E-state index in [2.05, 4.69) is 15.3 Å². The van der Waals surface area contributed by atoms with Gasteiger partial charge in [0, 0.05) is 23.3 Å². The highest BCUT2D eigenvalue weighted by Crippen LogP contribution is 2.00. The van der Waals surface area contributed by atoms with E-state index in [4.69, 9.17) is 0 Å². The van der Waals surface area contributed by atoms with E-state index in [9.17, 15) is 9.59 Å². The van der Waals surface area contributed by atoms with Gasteiger partial charge >= 0.3 is 0 Å². The standard InChI is InChI=1S/C11H11N3O2S/c1-7-2-10(15)9(4-12-7)11(16)13-3-8-5-17-6-14-8/h2,4-6H,3H2,1H3,(H,12,15)(H,13,16). The van der Waals surface area contributed by atoms with Crippen LogP contribution in [0.25, 0.3) is 0 Å². The summed E-state index contributed by atoms with van der Waals surface area (Å²) >= 11 is 1.46. The number of pyridine rings is 1. The molecule has 0 aromatic carbocycles. The lowest BCUT2D eigenvalue weighted by Gasteiger charge is -2.02. The van der Waals surface area contributed by atoms with Crippen molar-refractivity contribution in [3.63, 3.8) is 0 Å². The lowest BCUT2D eigenvalue weighted by Crippen LogP contribution is -2.28. The number of carbonyl (C=O) groups excluding carboxylic acids is 1. The zero-order chi connectivity index (χ0) is 12.3. The molecule has 0 saturated heterocycles. The van der Waals surface area contributed by atoms with E-state index in [0.29, 0.717) is 6.54 Å². The number of hydrogen-bond acceptors (Lipinski definition) is 4. The molecule has 88 valence electrons. The predicted molar refractivity (Wildman–Crippen MR) is 65.1 cm³/mol. The summed E-state index contributed by atoms with van der Waals surface area (Å²) in [6.45, 7) is 2.09. The van der Waals surface area contributed by atoms with Crippen LogP contribution in [-0.4, -0.2) is 15.9 Å². The first-order chi connectivity index (χ1) is 8.16. The van der Waals surface area contributed by atoms with Crippen LogP contribution in [0.3, 0.4) is 0 Å². The summed E-state index contributed by atoms with van der Waals surface area (Å²) in [7, 11) is 0. The number of nitrogens with one attached hydrogen (secondary N) is 2. The largest absolute Gasteiger partial charge is 0.364 e. The SMILES string of the molecule is Cc1cc(=O)c(C(=O)NCc2cscn2)c[nH]1. The maximum Gasteiger partial charge on any atom is 0.257 e. The molecular formula is C11H11N3O2S. The minimum Gasteiger partial charge on any atom is -0.364 e. The number of thiazole rings is 1. The molecule has 2 heterocycles. The van der Waals surface area contributed by atoms with Crippen LogP contribution in [0.15, 0.2) is 27.9 Å². The van der Waals surface area contributed by atoms with Crippen LogP contribution >= 0.6 is 11.3 Å². The predicted octanol–water partition coefficient (Wildman–Crippen LogP) is 1.07. The van der Waals surface area contributed by atoms with Crippen molar-refractivity contribution in [3.05, 3.63) is 50.3 Å². The molecule has 0 spiro atoms. The summed E-state index contributed by atoms with van der Waals surface area (Å²) in [5.74, 6) is -0.390. The lowest BCUT2D eigenvalue weighted by molar-refractivity contribution is 0.0949. The summed E-state index contributed by atoms with van der Waals surface area (Å²) in [4.78, 5) is 30.1. The minimum absolute atomic E-state index is 0.117. The number of aromatic nitrogens is 2. The maximum absolute atomic E-state index is 11.7. The van der Waals surface area contributed by atoms with Crippen LogP contribution in [0.5, 0.6) is 0 Å². The first kappa shape index (κ1) is 11.5. The molecule has 0 fully saturated rings. The number of nitrogens with zero attached hydrogens (tertiary/aromatic N) is 1. The van der Waals surface area contributed by atoms with Crippen molar-refractivity contribution in [2.45, 2.75) is 13.5 Å². The molecule has 0 radical (unpaired) electrons. The van der Waals surface area contributed by atoms with Crippen LogP contribution in [0, 0.1) is 6.92 Å². The minimum atomic E-state index is -0.390. The number of carbonyl (C=O) groups is 1. The van der Waals surface area contributed by atoms with Crippen molar-refractivity contribution < 1.29 is 4.79 Å². The topological polar surface area (TPSA) is 74.8 Å². The van der Waals surface area contributed by atoms with Crippen molar-refractivity contribution >= 4 is 17.2 Å². The molecule has 0 unspecified atom stereocenters. The van der Waals surface area contributed by atoms with Gasteiger partial charge in [-0.25, -0.2) is 4.98 Å². The fourth-order valence-electron chi connectivity index (χ4n) is 1.34. The van der Waals surface area contributed by atoms with Crippen LogP contribution in [0.1, 0.15) is 21.7 Å². The third-order valence-electron chi connectivity index (χ3n) is 2.22. The fraction of sp³-hybridized carbons (Fsp3) is 0.182. The van der Waals surface area contributed by atoms with Crippen molar-refractivity contribution in [1.82, 2.24) is 15.3 Å². The van der Waals surface area contributed by atoms with E-state index in [1.54, 1.807) is 12.4 Å². The number of hydrogen-bond donors (Lipinski definition) is 2. The molecule has 2 N–H and O–H groups in total. The highest BCUT2D eigenvalue weighted by Gasteiger charge is 2.09. The van der Waals surface area contributed by atoms with Crippen molar-refractivity contribution in [1.29, 1.82) is 0 Å². The Morgan fingerprint density at radius 2 is 2.41 bits per heavy atom. The van der Waals surface area contributed by atoms with Gasteiger partial charge in [-0.3, -0.25) is 9.59 Å². The average Bonchev–Trinajstić information content (AvgIpc) is 2.78. The first-order valence-corrected chi connectivity index (χ1v) is 5.95. The molecule has 2 aromatic rings. The Labute approximate surface area is 102 Å². The van der Waals surface area contributed by atoms with E-state index in [-0.39, 0.29) is 16.9 Å². The summed E-state index contributed by atoms with van der Waals surface area (Å²) in [6.07, 6.45) is 1.42. The fourth-order valence-corrected chi connectivity index (χ4v) is 1.90. The highest BCUT2D eigenvalue weighted by molar-refractivity contribution is 7.07. The number of amides is 1. The molecule has 0 atom stereocenters. The zero-order valence-corrected chi connectivity index (χ0v) is 10.0. The van der Waals surface area contributed by atoms with Gasteiger partial charge in [-0.2, -0.15) is 0 Å². The quantitative estimate of drug-likeness (QED) is 0.854. The number of aryl methyl sites for hydroxylation is 1. The molecular weight excluding hydrogens is 238 g/mol. The van der Waals surface area contributed by atoms with Gasteiger partial charge in [0.25, 0.3) is 5.91 Å². The monoisotopic (exact) mass is 249 g/mol. The molecule has 0 aliphatic rings. The second-order valence-electron chi connectivity index (χ2n) is 3.56. The van der Waals surface area contributed by atoms with Gasteiger partial charge in [-0.15, -0.1) is 11.3 Å².